The van der Waals surface area contributed by atoms with Gasteiger partial charge in [-0.05, 0) is 12.8 Å². The third kappa shape index (κ3) is 2.30. The summed E-state index contributed by atoms with van der Waals surface area (Å²) >= 11 is 5.86. The third-order valence-electron chi connectivity index (χ3n) is 3.04. The van der Waals surface area contributed by atoms with Gasteiger partial charge in [-0.15, -0.1) is 0 Å². The number of sulfonamides is 1. The van der Waals surface area contributed by atoms with E-state index >= 15 is 0 Å². The van der Waals surface area contributed by atoms with Gasteiger partial charge in [-0.2, -0.15) is 9.40 Å². The summed E-state index contributed by atoms with van der Waals surface area (Å²) in [6.07, 6.45) is 3.52. The van der Waals surface area contributed by atoms with Crippen LogP contribution in [0.1, 0.15) is 12.8 Å². The van der Waals surface area contributed by atoms with Crippen molar-refractivity contribution in [3.05, 3.63) is 11.2 Å². The number of carbonyl (C=O) groups excluding carboxylic acids is 1. The summed E-state index contributed by atoms with van der Waals surface area (Å²) in [5.74, 6) is -0.236. The van der Waals surface area contributed by atoms with Gasteiger partial charge in [0.05, 0.1) is 11.2 Å². The molecule has 8 heteroatoms. The lowest BCUT2D eigenvalue weighted by Crippen LogP contribution is -2.41. The smallest absolute Gasteiger partial charge is 0.261 e. The number of piperidine rings is 1. The van der Waals surface area contributed by atoms with Gasteiger partial charge in [0.2, 0.25) is 0 Å². The van der Waals surface area contributed by atoms with Crippen LogP contribution in [-0.2, 0) is 21.9 Å². The van der Waals surface area contributed by atoms with E-state index in [0.717, 1.165) is 12.7 Å². The number of hydrogen-bond donors (Lipinski definition) is 0. The second-order valence-electron chi connectivity index (χ2n) is 4.32. The Morgan fingerprint density at radius 2 is 2.28 bits per heavy atom. The molecule has 0 saturated carbocycles. The molecule has 1 fully saturated rings. The van der Waals surface area contributed by atoms with E-state index in [1.165, 1.54) is 22.2 Å². The number of aromatic nitrogens is 2. The zero-order valence-electron chi connectivity index (χ0n) is 9.91. The summed E-state index contributed by atoms with van der Waals surface area (Å²) in [6, 6.07) is 0. The number of aldehydes is 1. The van der Waals surface area contributed by atoms with Crippen LogP contribution in [0.3, 0.4) is 0 Å². The summed E-state index contributed by atoms with van der Waals surface area (Å²) in [6.45, 7) is 0.627. The minimum atomic E-state index is -3.68. The van der Waals surface area contributed by atoms with E-state index < -0.39 is 10.0 Å². The molecule has 0 aliphatic carbocycles. The maximum atomic E-state index is 12.4. The van der Waals surface area contributed by atoms with E-state index in [9.17, 15) is 13.2 Å². The lowest BCUT2D eigenvalue weighted by molar-refractivity contribution is -0.112. The molecule has 0 amide bonds. The van der Waals surface area contributed by atoms with E-state index in [4.69, 9.17) is 11.6 Å². The number of hydrogen-bond acceptors (Lipinski definition) is 4. The van der Waals surface area contributed by atoms with Gasteiger partial charge < -0.3 is 4.79 Å². The fourth-order valence-electron chi connectivity index (χ4n) is 2.12. The molecule has 0 bridgehead atoms. The zero-order valence-corrected chi connectivity index (χ0v) is 11.5. The maximum absolute atomic E-state index is 12.4. The summed E-state index contributed by atoms with van der Waals surface area (Å²) in [4.78, 5) is 10.8. The Balaban J connectivity index is 2.34. The van der Waals surface area contributed by atoms with Gasteiger partial charge in [0.25, 0.3) is 10.0 Å². The fraction of sp³-hybridized carbons (Fsp3) is 0.600. The Kier molecular flexibility index (Phi) is 3.74. The normalized spacial score (nSPS) is 22.0. The molecule has 0 spiro atoms. The number of nitrogens with zero attached hydrogens (tertiary/aromatic N) is 3. The highest BCUT2D eigenvalue weighted by Gasteiger charge is 2.33. The quantitative estimate of drug-likeness (QED) is 0.768. The van der Waals surface area contributed by atoms with Crippen LogP contribution < -0.4 is 0 Å². The van der Waals surface area contributed by atoms with E-state index in [1.807, 2.05) is 0 Å². The van der Waals surface area contributed by atoms with Crippen molar-refractivity contribution in [3.8, 4) is 0 Å². The summed E-state index contributed by atoms with van der Waals surface area (Å²) in [5, 5.41) is 3.91. The molecule has 0 N–H and O–H groups in total. The molecule has 1 aliphatic heterocycles. The van der Waals surface area contributed by atoms with Gasteiger partial charge in [-0.1, -0.05) is 11.6 Å². The fourth-order valence-corrected chi connectivity index (χ4v) is 4.26. The van der Waals surface area contributed by atoms with Crippen LogP contribution in [0.5, 0.6) is 0 Å². The standard InChI is InChI=1S/C10H14ClN3O3S/c1-13-10(9(11)5-12-13)18(16,17)14-4-2-3-8(6-14)7-15/h5,7-8H,2-4,6H2,1H3. The van der Waals surface area contributed by atoms with Gasteiger partial charge in [-0.25, -0.2) is 8.42 Å². The Labute approximate surface area is 111 Å². The van der Waals surface area contributed by atoms with Crippen LogP contribution in [0.25, 0.3) is 0 Å². The van der Waals surface area contributed by atoms with Crippen molar-refractivity contribution in [2.45, 2.75) is 17.9 Å². The summed E-state index contributed by atoms with van der Waals surface area (Å²) < 4.78 is 27.4. The molecule has 1 atom stereocenters. The maximum Gasteiger partial charge on any atom is 0.261 e. The van der Waals surface area contributed by atoms with Gasteiger partial charge in [0.1, 0.15) is 6.29 Å². The summed E-state index contributed by atoms with van der Waals surface area (Å²) in [7, 11) is -2.15. The number of aryl methyl sites for hydroxylation is 1. The molecule has 0 aromatic carbocycles. The average molecular weight is 292 g/mol. The van der Waals surface area contributed by atoms with Crippen molar-refractivity contribution in [2.75, 3.05) is 13.1 Å². The number of halogens is 1. The van der Waals surface area contributed by atoms with Gasteiger partial charge in [0, 0.05) is 26.1 Å². The van der Waals surface area contributed by atoms with Crippen molar-refractivity contribution in [3.63, 3.8) is 0 Å². The minimum Gasteiger partial charge on any atom is -0.303 e. The Morgan fingerprint density at radius 3 is 2.83 bits per heavy atom. The van der Waals surface area contributed by atoms with Gasteiger partial charge in [-0.3, -0.25) is 4.68 Å². The molecule has 1 unspecified atom stereocenters. The van der Waals surface area contributed by atoms with Gasteiger partial charge in [0.15, 0.2) is 5.03 Å². The number of carbonyl (C=O) groups is 1. The molecular weight excluding hydrogens is 278 g/mol. The highest BCUT2D eigenvalue weighted by molar-refractivity contribution is 7.89. The molecule has 1 aromatic rings. The SMILES string of the molecule is Cn1ncc(Cl)c1S(=O)(=O)N1CCCC(C=O)C1. The van der Waals surface area contributed by atoms with Crippen LogP contribution in [-0.4, -0.2) is 41.9 Å². The Morgan fingerprint density at radius 1 is 1.56 bits per heavy atom. The van der Waals surface area contributed by atoms with Crippen LogP contribution in [0.15, 0.2) is 11.2 Å². The highest BCUT2D eigenvalue weighted by Crippen LogP contribution is 2.27. The second-order valence-corrected chi connectivity index (χ2v) is 6.58. The first-order chi connectivity index (χ1) is 8.46. The predicted octanol–water partition coefficient (Wildman–Crippen LogP) is 0.673. The van der Waals surface area contributed by atoms with Crippen LogP contribution in [0, 0.1) is 5.92 Å². The third-order valence-corrected chi connectivity index (χ3v) is 5.41. The van der Waals surface area contributed by atoms with Crippen LogP contribution in [0.4, 0.5) is 0 Å². The summed E-state index contributed by atoms with van der Waals surface area (Å²) in [5.41, 5.74) is 0. The molecule has 1 aliphatic rings. The Hall–Kier alpha value is -0.920. The number of rotatable bonds is 3. The molecule has 1 saturated heterocycles. The molecule has 2 rings (SSSR count). The van der Waals surface area contributed by atoms with Gasteiger partial charge >= 0.3 is 0 Å². The van der Waals surface area contributed by atoms with E-state index in [2.05, 4.69) is 5.10 Å². The second kappa shape index (κ2) is 4.99. The van der Waals surface area contributed by atoms with Crippen molar-refractivity contribution < 1.29 is 13.2 Å². The van der Waals surface area contributed by atoms with Crippen LogP contribution >= 0.6 is 11.6 Å². The Bertz CT molecular complexity index is 535. The van der Waals surface area contributed by atoms with Crippen LogP contribution in [0.2, 0.25) is 5.02 Å². The topological polar surface area (TPSA) is 72.3 Å². The molecule has 2 heterocycles. The lowest BCUT2D eigenvalue weighted by atomic mass is 10.0. The molecule has 6 nitrogen and oxygen atoms in total. The highest BCUT2D eigenvalue weighted by atomic mass is 35.5. The lowest BCUT2D eigenvalue weighted by Gasteiger charge is -2.29. The first-order valence-electron chi connectivity index (χ1n) is 5.59. The van der Waals surface area contributed by atoms with Crippen molar-refractivity contribution in [1.82, 2.24) is 14.1 Å². The first kappa shape index (κ1) is 13.5. The first-order valence-corrected chi connectivity index (χ1v) is 7.41. The zero-order chi connectivity index (χ0) is 13.3. The van der Waals surface area contributed by atoms with E-state index in [-0.39, 0.29) is 22.5 Å². The molecule has 1 aromatic heterocycles. The van der Waals surface area contributed by atoms with E-state index in [0.29, 0.717) is 13.0 Å². The van der Waals surface area contributed by atoms with Crippen molar-refractivity contribution in [2.24, 2.45) is 13.0 Å². The minimum absolute atomic E-state index is 0.0179. The average Bonchev–Trinajstić information content (AvgIpc) is 2.69. The monoisotopic (exact) mass is 291 g/mol. The predicted molar refractivity (Wildman–Crippen MR) is 65.8 cm³/mol. The largest absolute Gasteiger partial charge is 0.303 e. The molecule has 18 heavy (non-hydrogen) atoms. The van der Waals surface area contributed by atoms with Crippen molar-refractivity contribution >= 4 is 27.9 Å². The molecule has 100 valence electrons. The molecule has 0 radical (unpaired) electrons. The van der Waals surface area contributed by atoms with E-state index in [1.54, 1.807) is 0 Å². The van der Waals surface area contributed by atoms with Crippen molar-refractivity contribution in [1.29, 1.82) is 0 Å². The molecular formula is C10H14ClN3O3S.